The van der Waals surface area contributed by atoms with Gasteiger partial charge in [0.1, 0.15) is 11.6 Å². The number of anilines is 1. The second kappa shape index (κ2) is 5.96. The van der Waals surface area contributed by atoms with Crippen molar-refractivity contribution in [2.45, 2.75) is 20.8 Å². The van der Waals surface area contributed by atoms with Gasteiger partial charge in [-0.1, -0.05) is 12.1 Å². The predicted octanol–water partition coefficient (Wildman–Crippen LogP) is 3.53. The Labute approximate surface area is 139 Å². The summed E-state index contributed by atoms with van der Waals surface area (Å²) in [5, 5.41) is 7.06. The highest BCUT2D eigenvalue weighted by molar-refractivity contribution is 6.05. The lowest BCUT2D eigenvalue weighted by Crippen LogP contribution is -2.15. The lowest BCUT2D eigenvalue weighted by atomic mass is 10.2. The number of nitrogens with zero attached hydrogens (tertiary/aromatic N) is 3. The average Bonchev–Trinajstić information content (AvgIpc) is 2.99. The van der Waals surface area contributed by atoms with E-state index in [0.29, 0.717) is 22.8 Å². The Hall–Kier alpha value is -2.89. The van der Waals surface area contributed by atoms with E-state index in [9.17, 15) is 9.18 Å². The Morgan fingerprint density at radius 3 is 2.50 bits per heavy atom. The highest BCUT2D eigenvalue weighted by atomic mass is 19.1. The zero-order valence-electron chi connectivity index (χ0n) is 14.1. The van der Waals surface area contributed by atoms with Gasteiger partial charge in [0.25, 0.3) is 5.91 Å². The first kappa shape index (κ1) is 16.0. The molecule has 0 spiro atoms. The molecule has 0 saturated heterocycles. The summed E-state index contributed by atoms with van der Waals surface area (Å²) in [4.78, 5) is 12.6. The van der Waals surface area contributed by atoms with Gasteiger partial charge in [-0.2, -0.15) is 5.10 Å². The first-order valence-electron chi connectivity index (χ1n) is 7.64. The van der Waals surface area contributed by atoms with Crippen LogP contribution >= 0.6 is 0 Å². The van der Waals surface area contributed by atoms with Crippen LogP contribution in [0.4, 0.5) is 10.2 Å². The molecule has 0 atom stereocenters. The molecule has 0 aliphatic rings. The highest BCUT2D eigenvalue weighted by Gasteiger charge is 2.19. The normalized spacial score (nSPS) is 10.9. The Morgan fingerprint density at radius 2 is 1.88 bits per heavy atom. The second-order valence-electron chi connectivity index (χ2n) is 5.82. The van der Waals surface area contributed by atoms with E-state index in [1.807, 2.05) is 20.8 Å². The largest absolute Gasteiger partial charge is 0.315 e. The van der Waals surface area contributed by atoms with Crippen LogP contribution in [0.2, 0.25) is 0 Å². The number of hydrogen-bond acceptors (Lipinski definition) is 2. The van der Waals surface area contributed by atoms with Crippen LogP contribution < -0.4 is 5.32 Å². The van der Waals surface area contributed by atoms with Crippen LogP contribution in [-0.4, -0.2) is 20.3 Å². The number of benzene rings is 1. The van der Waals surface area contributed by atoms with Gasteiger partial charge in [-0.05, 0) is 39.0 Å². The Bertz CT molecular complexity index is 923. The van der Waals surface area contributed by atoms with E-state index >= 15 is 0 Å². The number of aryl methyl sites for hydroxylation is 3. The molecule has 0 bridgehead atoms. The van der Waals surface area contributed by atoms with Crippen molar-refractivity contribution in [3.05, 3.63) is 64.9 Å². The van der Waals surface area contributed by atoms with Gasteiger partial charge in [0.15, 0.2) is 0 Å². The molecule has 124 valence electrons. The van der Waals surface area contributed by atoms with E-state index < -0.39 is 0 Å². The van der Waals surface area contributed by atoms with Crippen LogP contribution in [0.5, 0.6) is 0 Å². The van der Waals surface area contributed by atoms with Gasteiger partial charge >= 0.3 is 0 Å². The van der Waals surface area contributed by atoms with Crippen molar-refractivity contribution >= 4 is 11.7 Å². The lowest BCUT2D eigenvalue weighted by Gasteiger charge is -2.11. The highest BCUT2D eigenvalue weighted by Crippen LogP contribution is 2.23. The fourth-order valence-electron chi connectivity index (χ4n) is 2.91. The minimum atomic E-state index is -0.325. The van der Waals surface area contributed by atoms with Crippen LogP contribution in [0.15, 0.2) is 36.4 Å². The van der Waals surface area contributed by atoms with Gasteiger partial charge in [-0.25, -0.2) is 4.39 Å². The van der Waals surface area contributed by atoms with Crippen molar-refractivity contribution in [2.75, 3.05) is 5.32 Å². The third kappa shape index (κ3) is 2.71. The SMILES string of the molecule is Cc1cc(NC(=O)c2cc(C)n(-c3ccccc3F)c2C)n(C)n1. The first-order valence-corrected chi connectivity index (χ1v) is 7.64. The molecule has 3 aromatic rings. The number of halogens is 1. The maximum Gasteiger partial charge on any atom is 0.258 e. The zero-order valence-corrected chi connectivity index (χ0v) is 14.1. The molecule has 2 heterocycles. The third-order valence-corrected chi connectivity index (χ3v) is 4.01. The molecule has 0 unspecified atom stereocenters. The topological polar surface area (TPSA) is 51.9 Å². The molecule has 3 rings (SSSR count). The lowest BCUT2D eigenvalue weighted by molar-refractivity contribution is 0.102. The van der Waals surface area contributed by atoms with Crippen LogP contribution in [0.1, 0.15) is 27.4 Å². The maximum absolute atomic E-state index is 14.1. The molecule has 0 fully saturated rings. The maximum atomic E-state index is 14.1. The Morgan fingerprint density at radius 1 is 1.17 bits per heavy atom. The number of amides is 1. The molecule has 0 aliphatic heterocycles. The van der Waals surface area contributed by atoms with E-state index in [4.69, 9.17) is 0 Å². The molecule has 1 N–H and O–H groups in total. The Balaban J connectivity index is 1.98. The average molecular weight is 326 g/mol. The van der Waals surface area contributed by atoms with Crippen LogP contribution in [-0.2, 0) is 7.05 Å². The van der Waals surface area contributed by atoms with Crippen LogP contribution in [0.25, 0.3) is 5.69 Å². The van der Waals surface area contributed by atoms with Crippen LogP contribution in [0.3, 0.4) is 0 Å². The molecule has 1 aromatic carbocycles. The molecular weight excluding hydrogens is 307 g/mol. The number of hydrogen-bond donors (Lipinski definition) is 1. The second-order valence-corrected chi connectivity index (χ2v) is 5.82. The molecule has 24 heavy (non-hydrogen) atoms. The quantitative estimate of drug-likeness (QED) is 0.800. The number of nitrogens with one attached hydrogen (secondary N) is 1. The number of aromatic nitrogens is 3. The molecular formula is C18H19FN4O. The predicted molar refractivity (Wildman–Crippen MR) is 91.1 cm³/mol. The summed E-state index contributed by atoms with van der Waals surface area (Å²) in [6.07, 6.45) is 0. The summed E-state index contributed by atoms with van der Waals surface area (Å²) < 4.78 is 17.5. The number of rotatable bonds is 3. The number of carbonyl (C=O) groups excluding carboxylic acids is 1. The van der Waals surface area contributed by atoms with Gasteiger partial charge in [0, 0.05) is 24.5 Å². The van der Waals surface area contributed by atoms with E-state index in [0.717, 1.165) is 11.4 Å². The van der Waals surface area contributed by atoms with Gasteiger partial charge in [0.05, 0.1) is 16.9 Å². The van der Waals surface area contributed by atoms with Crippen LogP contribution in [0, 0.1) is 26.6 Å². The van der Waals surface area contributed by atoms with Crippen molar-refractivity contribution in [1.29, 1.82) is 0 Å². The fraction of sp³-hybridized carbons (Fsp3) is 0.222. The summed E-state index contributed by atoms with van der Waals surface area (Å²) in [6.45, 7) is 5.52. The summed E-state index contributed by atoms with van der Waals surface area (Å²) in [5.41, 5.74) is 3.25. The smallest absolute Gasteiger partial charge is 0.258 e. The zero-order chi connectivity index (χ0) is 17.4. The van der Waals surface area contributed by atoms with Crippen molar-refractivity contribution in [3.8, 4) is 5.69 Å². The molecule has 0 saturated carbocycles. The van der Waals surface area contributed by atoms with Crippen molar-refractivity contribution in [2.24, 2.45) is 7.05 Å². The van der Waals surface area contributed by atoms with Crippen molar-refractivity contribution < 1.29 is 9.18 Å². The first-order chi connectivity index (χ1) is 11.4. The van der Waals surface area contributed by atoms with Gasteiger partial charge in [-0.3, -0.25) is 9.48 Å². The monoisotopic (exact) mass is 326 g/mol. The molecule has 2 aromatic heterocycles. The van der Waals surface area contributed by atoms with Crippen molar-refractivity contribution in [3.63, 3.8) is 0 Å². The van der Waals surface area contributed by atoms with Gasteiger partial charge in [-0.15, -0.1) is 0 Å². The van der Waals surface area contributed by atoms with E-state index in [2.05, 4.69) is 10.4 Å². The van der Waals surface area contributed by atoms with E-state index in [1.165, 1.54) is 6.07 Å². The number of carbonyl (C=O) groups is 1. The van der Waals surface area contributed by atoms with Crippen molar-refractivity contribution in [1.82, 2.24) is 14.3 Å². The minimum absolute atomic E-state index is 0.242. The van der Waals surface area contributed by atoms with Gasteiger partial charge in [0.2, 0.25) is 0 Å². The van der Waals surface area contributed by atoms with E-state index in [1.54, 1.807) is 46.6 Å². The molecule has 1 amide bonds. The Kier molecular flexibility index (Phi) is 3.97. The van der Waals surface area contributed by atoms with Gasteiger partial charge < -0.3 is 9.88 Å². The summed E-state index contributed by atoms with van der Waals surface area (Å²) in [5.74, 6) is 0.0513. The summed E-state index contributed by atoms with van der Waals surface area (Å²) in [7, 11) is 1.77. The standard InChI is InChI=1S/C18H19FN4O/c1-11-9-17(22(4)21-11)20-18(24)14-10-12(2)23(13(14)3)16-8-6-5-7-15(16)19/h5-10H,1-4H3,(H,20,24). The number of para-hydroxylation sites is 1. The third-order valence-electron chi connectivity index (χ3n) is 4.01. The molecule has 5 nitrogen and oxygen atoms in total. The van der Waals surface area contributed by atoms with E-state index in [-0.39, 0.29) is 11.7 Å². The summed E-state index contributed by atoms with van der Waals surface area (Å²) in [6, 6.07) is 10.1. The minimum Gasteiger partial charge on any atom is -0.315 e. The molecule has 0 radical (unpaired) electrons. The fourth-order valence-corrected chi connectivity index (χ4v) is 2.91. The summed E-state index contributed by atoms with van der Waals surface area (Å²) >= 11 is 0. The molecule has 0 aliphatic carbocycles. The molecule has 6 heteroatoms.